The van der Waals surface area contributed by atoms with Gasteiger partial charge in [-0.05, 0) is 48.8 Å². The second-order valence-electron chi connectivity index (χ2n) is 9.42. The van der Waals surface area contributed by atoms with Crippen LogP contribution in [0.25, 0.3) is 5.76 Å². The highest BCUT2D eigenvalue weighted by atomic mass is 16.5. The van der Waals surface area contributed by atoms with E-state index in [9.17, 15) is 19.5 Å². The predicted octanol–water partition coefficient (Wildman–Crippen LogP) is 4.41. The molecule has 0 aliphatic carbocycles. The molecule has 0 radical (unpaired) electrons. The lowest BCUT2D eigenvalue weighted by Crippen LogP contribution is -2.38. The maximum absolute atomic E-state index is 13.3. The van der Waals surface area contributed by atoms with Crippen molar-refractivity contribution < 1.29 is 29.0 Å². The quantitative estimate of drug-likeness (QED) is 0.158. The summed E-state index contributed by atoms with van der Waals surface area (Å²) in [4.78, 5) is 41.7. The number of Topliss-reactive ketones (excluding diaryl/α,β-unsaturated/α-hetero) is 1. The largest absolute Gasteiger partial charge is 0.507 e. The van der Waals surface area contributed by atoms with Crippen LogP contribution in [0.4, 0.5) is 0 Å². The molecule has 1 heterocycles. The molecule has 1 fully saturated rings. The van der Waals surface area contributed by atoms with Crippen LogP contribution in [0, 0.1) is 5.92 Å². The van der Waals surface area contributed by atoms with Crippen LogP contribution in [0.2, 0.25) is 0 Å². The highest BCUT2D eigenvalue weighted by Gasteiger charge is 2.46. The Bertz CT molecular complexity index is 1170. The summed E-state index contributed by atoms with van der Waals surface area (Å²) in [5.74, 6) is -1.02. The lowest BCUT2D eigenvalue weighted by atomic mass is 9.95. The number of benzene rings is 2. The third kappa shape index (κ3) is 6.77. The van der Waals surface area contributed by atoms with Crippen molar-refractivity contribution in [3.05, 3.63) is 65.2 Å². The van der Waals surface area contributed by atoms with Crippen LogP contribution in [0.3, 0.4) is 0 Å². The summed E-state index contributed by atoms with van der Waals surface area (Å²) in [6.45, 7) is 12.4. The lowest BCUT2D eigenvalue weighted by molar-refractivity contribution is -0.140. The highest BCUT2D eigenvalue weighted by Crippen LogP contribution is 2.40. The van der Waals surface area contributed by atoms with E-state index in [1.807, 2.05) is 27.7 Å². The molecule has 198 valence electrons. The number of likely N-dealkylation sites (N-methyl/N-ethyl adjacent to an activating group) is 1. The van der Waals surface area contributed by atoms with E-state index in [1.165, 1.54) is 11.8 Å². The van der Waals surface area contributed by atoms with Crippen molar-refractivity contribution in [3.8, 4) is 11.5 Å². The van der Waals surface area contributed by atoms with Crippen molar-refractivity contribution in [3.63, 3.8) is 0 Å². The van der Waals surface area contributed by atoms with E-state index >= 15 is 0 Å². The van der Waals surface area contributed by atoms with Crippen molar-refractivity contribution in [2.24, 2.45) is 5.92 Å². The number of nitrogens with zero attached hydrogens (tertiary/aromatic N) is 2. The third-order valence-corrected chi connectivity index (χ3v) is 6.22. The number of carbonyl (C=O) groups excluding carboxylic acids is 3. The van der Waals surface area contributed by atoms with Crippen molar-refractivity contribution >= 4 is 23.4 Å². The zero-order chi connectivity index (χ0) is 27.1. The number of aliphatic hydroxyl groups is 1. The molecule has 1 saturated heterocycles. The van der Waals surface area contributed by atoms with Crippen LogP contribution in [-0.4, -0.2) is 65.4 Å². The van der Waals surface area contributed by atoms with Gasteiger partial charge in [0, 0.05) is 25.6 Å². The van der Waals surface area contributed by atoms with Crippen molar-refractivity contribution in [1.29, 1.82) is 0 Å². The number of aliphatic hydroxyl groups excluding tert-OH is 1. The van der Waals surface area contributed by atoms with Gasteiger partial charge >= 0.3 is 5.97 Å². The van der Waals surface area contributed by atoms with E-state index < -0.39 is 23.7 Å². The Hall–Kier alpha value is -3.65. The minimum absolute atomic E-state index is 0.00877. The van der Waals surface area contributed by atoms with Gasteiger partial charge < -0.3 is 24.4 Å². The van der Waals surface area contributed by atoms with Crippen LogP contribution in [0.1, 0.15) is 51.8 Å². The summed E-state index contributed by atoms with van der Waals surface area (Å²) in [7, 11) is 0. The van der Waals surface area contributed by atoms with E-state index in [4.69, 9.17) is 9.47 Å². The van der Waals surface area contributed by atoms with Gasteiger partial charge in [0.2, 0.25) is 0 Å². The second kappa shape index (κ2) is 12.5. The molecule has 1 aliphatic rings. The first-order chi connectivity index (χ1) is 17.7. The summed E-state index contributed by atoms with van der Waals surface area (Å²) >= 11 is 0. The molecule has 1 atom stereocenters. The van der Waals surface area contributed by atoms with E-state index in [0.29, 0.717) is 48.2 Å². The number of esters is 1. The number of likely N-dealkylation sites (tertiary alicyclic amines) is 1. The first kappa shape index (κ1) is 27.9. The van der Waals surface area contributed by atoms with Gasteiger partial charge in [-0.2, -0.15) is 0 Å². The molecule has 1 amide bonds. The molecule has 0 bridgehead atoms. The van der Waals surface area contributed by atoms with Gasteiger partial charge in [0.05, 0.1) is 18.2 Å². The standard InChI is InChI=1S/C29H36N2O6/c1-6-30(7-2)14-15-31-26(21-10-8-13-24(16-21)37-20(5)32)25(28(34)29(31)35)27(33)22-11-9-12-23(17-22)36-18-19(3)4/h8-13,16-17,19,26,33H,6-7,14-15,18H2,1-5H3/b27-25-. The number of hydrogen-bond donors (Lipinski definition) is 1. The van der Waals surface area contributed by atoms with Gasteiger partial charge in [-0.1, -0.05) is 52.0 Å². The van der Waals surface area contributed by atoms with E-state index in [2.05, 4.69) is 4.90 Å². The molecule has 0 aromatic heterocycles. The van der Waals surface area contributed by atoms with Crippen LogP contribution in [0.15, 0.2) is 54.1 Å². The topological polar surface area (TPSA) is 96.4 Å². The van der Waals surface area contributed by atoms with Crippen LogP contribution < -0.4 is 9.47 Å². The first-order valence-corrected chi connectivity index (χ1v) is 12.7. The third-order valence-electron chi connectivity index (χ3n) is 6.22. The van der Waals surface area contributed by atoms with Crippen molar-refractivity contribution in [2.45, 2.75) is 40.7 Å². The number of ketones is 1. The van der Waals surface area contributed by atoms with Crippen molar-refractivity contribution in [1.82, 2.24) is 9.80 Å². The summed E-state index contributed by atoms with van der Waals surface area (Å²) in [5, 5.41) is 11.4. The van der Waals surface area contributed by atoms with E-state index in [-0.39, 0.29) is 11.3 Å². The Morgan fingerprint density at radius 3 is 2.38 bits per heavy atom. The monoisotopic (exact) mass is 508 g/mol. The molecular formula is C29H36N2O6. The number of rotatable bonds is 11. The maximum atomic E-state index is 13.3. The Morgan fingerprint density at radius 2 is 1.73 bits per heavy atom. The van der Waals surface area contributed by atoms with Crippen LogP contribution in [0.5, 0.6) is 11.5 Å². The average molecular weight is 509 g/mol. The Kier molecular flexibility index (Phi) is 9.47. The fraction of sp³-hybridized carbons (Fsp3) is 0.414. The molecule has 3 rings (SSSR count). The van der Waals surface area contributed by atoms with E-state index in [1.54, 1.807) is 48.5 Å². The van der Waals surface area contributed by atoms with Gasteiger partial charge in [0.25, 0.3) is 11.7 Å². The average Bonchev–Trinajstić information content (AvgIpc) is 3.12. The van der Waals surface area contributed by atoms with Gasteiger partial charge in [0.1, 0.15) is 17.3 Å². The lowest BCUT2D eigenvalue weighted by Gasteiger charge is -2.28. The van der Waals surface area contributed by atoms with Crippen LogP contribution in [-0.2, 0) is 14.4 Å². The van der Waals surface area contributed by atoms with Gasteiger partial charge in [-0.25, -0.2) is 0 Å². The smallest absolute Gasteiger partial charge is 0.308 e. The van der Waals surface area contributed by atoms with Crippen molar-refractivity contribution in [2.75, 3.05) is 32.8 Å². The molecule has 1 aliphatic heterocycles. The van der Waals surface area contributed by atoms with Gasteiger partial charge in [0.15, 0.2) is 0 Å². The first-order valence-electron chi connectivity index (χ1n) is 12.7. The molecule has 0 saturated carbocycles. The maximum Gasteiger partial charge on any atom is 0.308 e. The second-order valence-corrected chi connectivity index (χ2v) is 9.42. The zero-order valence-electron chi connectivity index (χ0n) is 22.2. The predicted molar refractivity (Wildman–Crippen MR) is 141 cm³/mol. The molecule has 8 nitrogen and oxygen atoms in total. The molecule has 37 heavy (non-hydrogen) atoms. The van der Waals surface area contributed by atoms with Gasteiger partial charge in [-0.15, -0.1) is 0 Å². The SMILES string of the molecule is CCN(CC)CCN1C(=O)C(=O)/C(=C(\O)c2cccc(OCC(C)C)c2)C1c1cccc(OC(C)=O)c1. The number of carbonyl (C=O) groups is 3. The Labute approximate surface area is 218 Å². The molecule has 2 aromatic rings. The van der Waals surface area contributed by atoms with E-state index in [0.717, 1.165) is 13.1 Å². The summed E-state index contributed by atoms with van der Waals surface area (Å²) < 4.78 is 11.0. The minimum Gasteiger partial charge on any atom is -0.507 e. The molecule has 2 aromatic carbocycles. The summed E-state index contributed by atoms with van der Waals surface area (Å²) in [6.07, 6.45) is 0. The molecular weight excluding hydrogens is 472 g/mol. The Morgan fingerprint density at radius 1 is 1.05 bits per heavy atom. The fourth-order valence-corrected chi connectivity index (χ4v) is 4.31. The molecule has 1 unspecified atom stereocenters. The molecule has 8 heteroatoms. The highest BCUT2D eigenvalue weighted by molar-refractivity contribution is 6.46. The fourth-order valence-electron chi connectivity index (χ4n) is 4.31. The normalized spacial score (nSPS) is 17.1. The molecule has 1 N–H and O–H groups in total. The Balaban J connectivity index is 2.09. The number of ether oxygens (including phenoxy) is 2. The number of hydrogen-bond acceptors (Lipinski definition) is 7. The summed E-state index contributed by atoms with van der Waals surface area (Å²) in [6, 6.07) is 12.7. The van der Waals surface area contributed by atoms with Gasteiger partial charge in [-0.3, -0.25) is 14.4 Å². The minimum atomic E-state index is -0.841. The molecule has 0 spiro atoms. The number of amides is 1. The zero-order valence-corrected chi connectivity index (χ0v) is 22.2. The van der Waals surface area contributed by atoms with Crippen LogP contribution >= 0.6 is 0 Å². The summed E-state index contributed by atoms with van der Waals surface area (Å²) in [5.41, 5.74) is 0.931.